The number of amides is 1. The minimum atomic E-state index is -0.416. The van der Waals surface area contributed by atoms with Gasteiger partial charge in [-0.15, -0.1) is 0 Å². The number of ether oxygens (including phenoxy) is 2. The average Bonchev–Trinajstić information content (AvgIpc) is 3.17. The molecule has 0 fully saturated rings. The van der Waals surface area contributed by atoms with Crippen molar-refractivity contribution in [1.82, 2.24) is 0 Å². The Hall–Kier alpha value is -3.77. The van der Waals surface area contributed by atoms with Crippen LogP contribution >= 0.6 is 11.6 Å². The minimum absolute atomic E-state index is 0.0111. The summed E-state index contributed by atoms with van der Waals surface area (Å²) < 4.78 is 16.6. The number of furan rings is 1. The van der Waals surface area contributed by atoms with E-state index in [0.717, 1.165) is 11.1 Å². The molecule has 33 heavy (non-hydrogen) atoms. The van der Waals surface area contributed by atoms with Crippen LogP contribution in [0.5, 0.6) is 11.5 Å². The van der Waals surface area contributed by atoms with Gasteiger partial charge in [-0.05, 0) is 67.4 Å². The number of hydrogen-bond acceptors (Lipinski definition) is 5. The first kappa shape index (κ1) is 22.4. The summed E-state index contributed by atoms with van der Waals surface area (Å²) in [7, 11) is 1.50. The highest BCUT2D eigenvalue weighted by molar-refractivity contribution is 6.32. The first-order chi connectivity index (χ1) is 15.9. The molecule has 4 aromatic rings. The molecule has 1 N–H and O–H groups in total. The Balaban J connectivity index is 1.60. The van der Waals surface area contributed by atoms with Crippen LogP contribution in [0, 0.1) is 13.8 Å². The molecule has 168 valence electrons. The second-order valence-corrected chi connectivity index (χ2v) is 7.97. The molecule has 0 bridgehead atoms. The Bertz CT molecular complexity index is 1360. The number of carbonyl (C=O) groups is 2. The van der Waals surface area contributed by atoms with Gasteiger partial charge in [-0.25, -0.2) is 0 Å². The molecule has 0 saturated heterocycles. The van der Waals surface area contributed by atoms with Crippen LogP contribution in [0.3, 0.4) is 0 Å². The monoisotopic (exact) mass is 463 g/mol. The smallest absolute Gasteiger partial charge is 0.262 e. The molecule has 1 heterocycles. The Kier molecular flexibility index (Phi) is 6.38. The molecule has 1 amide bonds. The SMILES string of the molecule is COc1ccc(C(=O)c2oc3ccccc3c2NC(=O)COc2ccc(C)c(C)c2)cc1Cl. The van der Waals surface area contributed by atoms with Crippen LogP contribution in [0.1, 0.15) is 27.2 Å². The maximum Gasteiger partial charge on any atom is 0.262 e. The zero-order chi connectivity index (χ0) is 23.5. The zero-order valence-electron chi connectivity index (χ0n) is 18.4. The lowest BCUT2D eigenvalue weighted by Gasteiger charge is -2.10. The Morgan fingerprint density at radius 3 is 2.52 bits per heavy atom. The van der Waals surface area contributed by atoms with Gasteiger partial charge in [0.05, 0.1) is 17.8 Å². The summed E-state index contributed by atoms with van der Waals surface area (Å²) in [5.41, 5.74) is 3.28. The van der Waals surface area contributed by atoms with Crippen molar-refractivity contribution >= 4 is 39.9 Å². The number of ketones is 1. The van der Waals surface area contributed by atoms with Crippen LogP contribution in [0.15, 0.2) is 65.1 Å². The molecule has 0 spiro atoms. The number of rotatable bonds is 7. The summed E-state index contributed by atoms with van der Waals surface area (Å²) in [6.45, 7) is 3.76. The summed E-state index contributed by atoms with van der Waals surface area (Å²) >= 11 is 6.19. The van der Waals surface area contributed by atoms with E-state index in [4.69, 9.17) is 25.5 Å². The fraction of sp³-hybridized carbons (Fsp3) is 0.154. The molecule has 0 aliphatic rings. The number of halogens is 1. The van der Waals surface area contributed by atoms with Crippen LogP contribution in [0.2, 0.25) is 5.02 Å². The van der Waals surface area contributed by atoms with Crippen molar-refractivity contribution in [2.24, 2.45) is 0 Å². The van der Waals surface area contributed by atoms with E-state index in [9.17, 15) is 9.59 Å². The third kappa shape index (κ3) is 4.71. The number of fused-ring (bicyclic) bond motifs is 1. The molecular weight excluding hydrogens is 442 g/mol. The lowest BCUT2D eigenvalue weighted by Crippen LogP contribution is -2.21. The summed E-state index contributed by atoms with van der Waals surface area (Å²) in [5, 5.41) is 3.69. The highest BCUT2D eigenvalue weighted by atomic mass is 35.5. The number of nitrogens with one attached hydrogen (secondary N) is 1. The molecule has 6 nitrogen and oxygen atoms in total. The number of anilines is 1. The van der Waals surface area contributed by atoms with E-state index in [2.05, 4.69) is 5.32 Å². The predicted octanol–water partition coefficient (Wildman–Crippen LogP) is 5.96. The summed E-state index contributed by atoms with van der Waals surface area (Å²) in [6.07, 6.45) is 0. The van der Waals surface area contributed by atoms with Crippen molar-refractivity contribution < 1.29 is 23.5 Å². The Morgan fingerprint density at radius 1 is 1.00 bits per heavy atom. The van der Waals surface area contributed by atoms with Crippen molar-refractivity contribution in [2.75, 3.05) is 19.0 Å². The van der Waals surface area contributed by atoms with Crippen LogP contribution in [0.4, 0.5) is 5.69 Å². The minimum Gasteiger partial charge on any atom is -0.495 e. The topological polar surface area (TPSA) is 77.8 Å². The number of benzene rings is 3. The van der Waals surface area contributed by atoms with Gasteiger partial charge in [0.25, 0.3) is 5.91 Å². The molecule has 0 radical (unpaired) electrons. The first-order valence-electron chi connectivity index (χ1n) is 10.3. The van der Waals surface area contributed by atoms with Gasteiger partial charge in [0.1, 0.15) is 17.1 Å². The molecule has 0 aliphatic carbocycles. The van der Waals surface area contributed by atoms with E-state index in [-0.39, 0.29) is 18.1 Å². The highest BCUT2D eigenvalue weighted by Crippen LogP contribution is 2.34. The first-order valence-corrected chi connectivity index (χ1v) is 10.6. The number of para-hydroxylation sites is 1. The van der Waals surface area contributed by atoms with Gasteiger partial charge < -0.3 is 19.2 Å². The molecule has 0 unspecified atom stereocenters. The molecule has 1 aromatic heterocycles. The van der Waals surface area contributed by atoms with Gasteiger partial charge >= 0.3 is 0 Å². The second kappa shape index (κ2) is 9.38. The van der Waals surface area contributed by atoms with Crippen LogP contribution in [0.25, 0.3) is 11.0 Å². The van der Waals surface area contributed by atoms with Crippen molar-refractivity contribution in [1.29, 1.82) is 0 Å². The van der Waals surface area contributed by atoms with Gasteiger partial charge in [-0.2, -0.15) is 0 Å². The molecule has 7 heteroatoms. The third-order valence-electron chi connectivity index (χ3n) is 5.33. The number of methoxy groups -OCH3 is 1. The third-order valence-corrected chi connectivity index (χ3v) is 5.62. The molecular formula is C26H22ClNO5. The van der Waals surface area contributed by atoms with E-state index < -0.39 is 11.7 Å². The van der Waals surface area contributed by atoms with E-state index >= 15 is 0 Å². The normalized spacial score (nSPS) is 10.8. The van der Waals surface area contributed by atoms with E-state index in [1.165, 1.54) is 13.2 Å². The summed E-state index contributed by atoms with van der Waals surface area (Å²) in [6, 6.07) is 17.4. The zero-order valence-corrected chi connectivity index (χ0v) is 19.2. The second-order valence-electron chi connectivity index (χ2n) is 7.56. The maximum atomic E-state index is 13.2. The van der Waals surface area contributed by atoms with Crippen molar-refractivity contribution in [3.63, 3.8) is 0 Å². The number of carbonyl (C=O) groups excluding carboxylic acids is 2. The molecule has 0 atom stereocenters. The van der Waals surface area contributed by atoms with E-state index in [1.54, 1.807) is 36.4 Å². The Morgan fingerprint density at radius 2 is 1.79 bits per heavy atom. The van der Waals surface area contributed by atoms with E-state index in [1.807, 2.05) is 32.0 Å². The van der Waals surface area contributed by atoms with Gasteiger partial charge in [0.2, 0.25) is 5.78 Å². The molecule has 3 aromatic carbocycles. The lowest BCUT2D eigenvalue weighted by molar-refractivity contribution is -0.118. The quantitative estimate of drug-likeness (QED) is 0.342. The van der Waals surface area contributed by atoms with Crippen molar-refractivity contribution in [3.05, 3.63) is 88.1 Å². The maximum absolute atomic E-state index is 13.2. The van der Waals surface area contributed by atoms with Crippen molar-refractivity contribution in [3.8, 4) is 11.5 Å². The van der Waals surface area contributed by atoms with Crippen molar-refractivity contribution in [2.45, 2.75) is 13.8 Å². The van der Waals surface area contributed by atoms with Gasteiger partial charge in [-0.3, -0.25) is 9.59 Å². The van der Waals surface area contributed by atoms with Crippen LogP contribution < -0.4 is 14.8 Å². The molecule has 4 rings (SSSR count). The lowest BCUT2D eigenvalue weighted by atomic mass is 10.1. The standard InChI is InChI=1S/C26H22ClNO5/c1-15-8-10-18(12-16(15)2)32-14-23(29)28-24-19-6-4-5-7-21(19)33-26(24)25(30)17-9-11-22(31-3)20(27)13-17/h4-13H,14H2,1-3H3,(H,28,29). The fourth-order valence-electron chi connectivity index (χ4n) is 3.40. The summed E-state index contributed by atoms with van der Waals surface area (Å²) in [4.78, 5) is 25.9. The molecule has 0 aliphatic heterocycles. The van der Waals surface area contributed by atoms with Crippen LogP contribution in [-0.2, 0) is 4.79 Å². The van der Waals surface area contributed by atoms with Gasteiger partial charge in [0.15, 0.2) is 12.4 Å². The average molecular weight is 464 g/mol. The fourth-order valence-corrected chi connectivity index (χ4v) is 3.65. The van der Waals surface area contributed by atoms with Gasteiger partial charge in [-0.1, -0.05) is 29.8 Å². The Labute approximate surface area is 196 Å². The highest BCUT2D eigenvalue weighted by Gasteiger charge is 2.24. The molecule has 0 saturated carbocycles. The largest absolute Gasteiger partial charge is 0.495 e. The predicted molar refractivity (Wildman–Crippen MR) is 128 cm³/mol. The number of hydrogen-bond donors (Lipinski definition) is 1. The van der Waals surface area contributed by atoms with Crippen LogP contribution in [-0.4, -0.2) is 25.4 Å². The number of aryl methyl sites for hydroxylation is 2. The van der Waals surface area contributed by atoms with Gasteiger partial charge in [0, 0.05) is 10.9 Å². The van der Waals surface area contributed by atoms with E-state index in [0.29, 0.717) is 33.1 Å². The summed E-state index contributed by atoms with van der Waals surface area (Å²) in [5.74, 6) is 0.226.